The lowest BCUT2D eigenvalue weighted by atomic mass is 9.93. The van der Waals surface area contributed by atoms with Gasteiger partial charge in [0, 0.05) is 42.8 Å². The summed E-state index contributed by atoms with van der Waals surface area (Å²) in [5, 5.41) is 10.6. The van der Waals surface area contributed by atoms with Crippen LogP contribution in [0.1, 0.15) is 24.8 Å². The van der Waals surface area contributed by atoms with Gasteiger partial charge in [-0.2, -0.15) is 0 Å². The number of anilines is 1. The van der Waals surface area contributed by atoms with E-state index in [0.717, 1.165) is 18.5 Å². The van der Waals surface area contributed by atoms with Crippen LogP contribution < -0.4 is 5.73 Å². The van der Waals surface area contributed by atoms with Gasteiger partial charge in [0.1, 0.15) is 5.60 Å². The second kappa shape index (κ2) is 3.43. The van der Waals surface area contributed by atoms with E-state index < -0.39 is 5.60 Å². The van der Waals surface area contributed by atoms with Gasteiger partial charge in [-0.3, -0.25) is 9.88 Å². The topological polar surface area (TPSA) is 62.4 Å². The van der Waals surface area contributed by atoms with Crippen LogP contribution in [0.4, 0.5) is 5.69 Å². The summed E-state index contributed by atoms with van der Waals surface area (Å²) in [7, 11) is 0. The number of hydrogen-bond donors (Lipinski definition) is 2. The third-order valence-electron chi connectivity index (χ3n) is 3.70. The molecule has 2 fully saturated rings. The monoisotopic (exact) mass is 219 g/mol. The van der Waals surface area contributed by atoms with Crippen molar-refractivity contribution in [2.24, 2.45) is 0 Å². The Balaban J connectivity index is 1.86. The maximum absolute atomic E-state index is 10.6. The van der Waals surface area contributed by atoms with E-state index in [1.165, 1.54) is 12.8 Å². The van der Waals surface area contributed by atoms with E-state index in [4.69, 9.17) is 5.73 Å². The second-order valence-electron chi connectivity index (χ2n) is 4.95. The van der Waals surface area contributed by atoms with Crippen molar-refractivity contribution in [3.63, 3.8) is 0 Å². The molecule has 1 aliphatic carbocycles. The van der Waals surface area contributed by atoms with E-state index in [-0.39, 0.29) is 0 Å². The summed E-state index contributed by atoms with van der Waals surface area (Å²) >= 11 is 0. The zero-order valence-electron chi connectivity index (χ0n) is 9.26. The quantitative estimate of drug-likeness (QED) is 0.769. The van der Waals surface area contributed by atoms with Crippen LogP contribution in [-0.2, 0) is 5.60 Å². The Hall–Kier alpha value is -1.13. The minimum absolute atomic E-state index is 0.648. The normalized spacial score (nSPS) is 30.8. The molecule has 1 aromatic rings. The van der Waals surface area contributed by atoms with Crippen molar-refractivity contribution in [2.75, 3.05) is 18.8 Å². The van der Waals surface area contributed by atoms with Gasteiger partial charge in [0.15, 0.2) is 0 Å². The number of aromatic nitrogens is 1. The van der Waals surface area contributed by atoms with Gasteiger partial charge in [-0.1, -0.05) is 0 Å². The fraction of sp³-hybridized carbons (Fsp3) is 0.583. The molecular weight excluding hydrogens is 202 g/mol. The molecule has 0 radical (unpaired) electrons. The van der Waals surface area contributed by atoms with Gasteiger partial charge in [0.2, 0.25) is 0 Å². The molecule has 4 nitrogen and oxygen atoms in total. The lowest BCUT2D eigenvalue weighted by molar-refractivity contribution is 0.0456. The number of pyridine rings is 1. The van der Waals surface area contributed by atoms with Gasteiger partial charge in [-0.15, -0.1) is 0 Å². The molecule has 0 bridgehead atoms. The second-order valence-corrected chi connectivity index (χ2v) is 4.95. The molecule has 86 valence electrons. The molecule has 16 heavy (non-hydrogen) atoms. The Morgan fingerprint density at radius 3 is 3.00 bits per heavy atom. The smallest absolute Gasteiger partial charge is 0.107 e. The third-order valence-corrected chi connectivity index (χ3v) is 3.70. The van der Waals surface area contributed by atoms with Crippen molar-refractivity contribution in [1.82, 2.24) is 9.88 Å². The van der Waals surface area contributed by atoms with E-state index in [9.17, 15) is 5.11 Å². The van der Waals surface area contributed by atoms with E-state index in [1.807, 2.05) is 0 Å². The maximum atomic E-state index is 10.6. The Bertz CT molecular complexity index is 405. The minimum atomic E-state index is -0.791. The highest BCUT2D eigenvalue weighted by atomic mass is 16.3. The van der Waals surface area contributed by atoms with Crippen molar-refractivity contribution in [1.29, 1.82) is 0 Å². The number of hydrogen-bond acceptors (Lipinski definition) is 4. The van der Waals surface area contributed by atoms with Gasteiger partial charge in [0.25, 0.3) is 0 Å². The lowest BCUT2D eigenvalue weighted by Crippen LogP contribution is -2.32. The van der Waals surface area contributed by atoms with Crippen LogP contribution in [0.3, 0.4) is 0 Å². The van der Waals surface area contributed by atoms with Crippen molar-refractivity contribution in [3.8, 4) is 0 Å². The zero-order valence-corrected chi connectivity index (χ0v) is 9.26. The van der Waals surface area contributed by atoms with E-state index in [1.54, 1.807) is 18.5 Å². The first kappa shape index (κ1) is 10.1. The molecule has 3 N–H and O–H groups in total. The molecule has 1 unspecified atom stereocenters. The van der Waals surface area contributed by atoms with Crippen LogP contribution in [0.25, 0.3) is 0 Å². The summed E-state index contributed by atoms with van der Waals surface area (Å²) in [4.78, 5) is 6.43. The average molecular weight is 219 g/mol. The van der Waals surface area contributed by atoms with Gasteiger partial charge in [0.05, 0.1) is 0 Å². The molecule has 1 aliphatic heterocycles. The SMILES string of the molecule is Nc1ccncc1C1(O)CCN(C2CC2)C1. The standard InChI is InChI=1S/C12H17N3O/c13-11-3-5-14-7-10(11)12(16)4-6-15(8-12)9-1-2-9/h3,5,7,9,16H,1-2,4,6,8H2,(H2,13,14). The molecule has 2 aliphatic rings. The number of likely N-dealkylation sites (tertiary alicyclic amines) is 1. The molecule has 1 atom stereocenters. The maximum Gasteiger partial charge on any atom is 0.107 e. The van der Waals surface area contributed by atoms with Crippen LogP contribution in [0.5, 0.6) is 0 Å². The van der Waals surface area contributed by atoms with Crippen LogP contribution in [0.15, 0.2) is 18.5 Å². The molecular formula is C12H17N3O. The number of nitrogens with zero attached hydrogens (tertiary/aromatic N) is 2. The Labute approximate surface area is 95.1 Å². The summed E-state index contributed by atoms with van der Waals surface area (Å²) in [6.07, 6.45) is 6.68. The van der Waals surface area contributed by atoms with Crippen LogP contribution in [0.2, 0.25) is 0 Å². The van der Waals surface area contributed by atoms with Crippen molar-refractivity contribution >= 4 is 5.69 Å². The summed E-state index contributed by atoms with van der Waals surface area (Å²) in [5.74, 6) is 0. The van der Waals surface area contributed by atoms with Crippen LogP contribution >= 0.6 is 0 Å². The van der Waals surface area contributed by atoms with Gasteiger partial charge < -0.3 is 10.8 Å². The van der Waals surface area contributed by atoms with Crippen molar-refractivity contribution < 1.29 is 5.11 Å². The Morgan fingerprint density at radius 1 is 1.50 bits per heavy atom. The predicted molar refractivity (Wildman–Crippen MR) is 61.8 cm³/mol. The highest BCUT2D eigenvalue weighted by molar-refractivity contribution is 5.48. The molecule has 1 saturated carbocycles. The zero-order chi connectivity index (χ0) is 11.2. The fourth-order valence-corrected chi connectivity index (χ4v) is 2.59. The van der Waals surface area contributed by atoms with E-state index in [0.29, 0.717) is 18.3 Å². The van der Waals surface area contributed by atoms with Gasteiger partial charge in [-0.05, 0) is 25.3 Å². The molecule has 1 saturated heterocycles. The molecule has 0 spiro atoms. The Kier molecular flexibility index (Phi) is 2.16. The first-order valence-corrected chi connectivity index (χ1v) is 5.85. The Morgan fingerprint density at radius 2 is 2.31 bits per heavy atom. The van der Waals surface area contributed by atoms with E-state index in [2.05, 4.69) is 9.88 Å². The summed E-state index contributed by atoms with van der Waals surface area (Å²) in [5.41, 5.74) is 6.55. The highest BCUT2D eigenvalue weighted by Crippen LogP contribution is 2.39. The fourth-order valence-electron chi connectivity index (χ4n) is 2.59. The summed E-state index contributed by atoms with van der Waals surface area (Å²) in [6, 6.07) is 2.46. The molecule has 0 aromatic carbocycles. The molecule has 3 rings (SSSR count). The first-order valence-electron chi connectivity index (χ1n) is 5.85. The largest absolute Gasteiger partial charge is 0.398 e. The predicted octanol–water partition coefficient (Wildman–Crippen LogP) is 0.719. The number of rotatable bonds is 2. The number of nitrogen functional groups attached to an aromatic ring is 1. The first-order chi connectivity index (χ1) is 7.69. The number of β-amino-alcohol motifs (C(OH)–C–C–N with tert-alkyl or cyclic N) is 1. The minimum Gasteiger partial charge on any atom is -0.398 e. The van der Waals surface area contributed by atoms with E-state index >= 15 is 0 Å². The molecule has 4 heteroatoms. The van der Waals surface area contributed by atoms with Gasteiger partial charge >= 0.3 is 0 Å². The average Bonchev–Trinajstić information content (AvgIpc) is 3.04. The third kappa shape index (κ3) is 1.58. The van der Waals surface area contributed by atoms with Crippen molar-refractivity contribution in [3.05, 3.63) is 24.0 Å². The number of aliphatic hydroxyl groups is 1. The van der Waals surface area contributed by atoms with Gasteiger partial charge in [-0.25, -0.2) is 0 Å². The number of nitrogens with two attached hydrogens (primary N) is 1. The molecule has 1 aromatic heterocycles. The summed E-state index contributed by atoms with van der Waals surface area (Å²) < 4.78 is 0. The summed E-state index contributed by atoms with van der Waals surface area (Å²) in [6.45, 7) is 1.67. The van der Waals surface area contributed by atoms with Crippen LogP contribution in [-0.4, -0.2) is 34.1 Å². The van der Waals surface area contributed by atoms with Crippen molar-refractivity contribution in [2.45, 2.75) is 30.9 Å². The highest BCUT2D eigenvalue weighted by Gasteiger charge is 2.43. The van der Waals surface area contributed by atoms with Crippen LogP contribution in [0, 0.1) is 0 Å². The molecule has 0 amide bonds. The lowest BCUT2D eigenvalue weighted by Gasteiger charge is -2.24. The molecule has 2 heterocycles.